The molecule has 10 heteroatoms. The van der Waals surface area contributed by atoms with Crippen molar-refractivity contribution in [2.75, 3.05) is 5.32 Å². The molecule has 0 unspecified atom stereocenters. The van der Waals surface area contributed by atoms with Crippen LogP contribution in [0.5, 0.6) is 0 Å². The number of anilines is 1. The Kier molecular flexibility index (Phi) is 5.06. The second-order valence-electron chi connectivity index (χ2n) is 8.98. The maximum atomic E-state index is 12.1. The quantitative estimate of drug-likeness (QED) is 0.331. The average molecular weight is 478 g/mol. The van der Waals surface area contributed by atoms with E-state index in [4.69, 9.17) is 4.98 Å². The van der Waals surface area contributed by atoms with Crippen LogP contribution in [0.1, 0.15) is 19.5 Å². The summed E-state index contributed by atoms with van der Waals surface area (Å²) in [7, 11) is 0. The van der Waals surface area contributed by atoms with Crippen molar-refractivity contribution in [2.24, 2.45) is 5.92 Å². The first-order valence-corrected chi connectivity index (χ1v) is 11.6. The second-order valence-corrected chi connectivity index (χ2v) is 8.98. The molecule has 6 rings (SSSR count). The first-order chi connectivity index (χ1) is 17.5. The molecule has 6 aromatic rings. The number of rotatable bonds is 5. The van der Waals surface area contributed by atoms with Crippen LogP contribution in [0.4, 0.5) is 5.69 Å². The normalized spacial score (nSPS) is 11.6. The van der Waals surface area contributed by atoms with Gasteiger partial charge >= 0.3 is 0 Å². The molecule has 0 bridgehead atoms. The number of pyridine rings is 2. The maximum Gasteiger partial charge on any atom is 0.226 e. The number of imidazole rings is 2. The minimum Gasteiger partial charge on any atom is -0.337 e. The highest BCUT2D eigenvalue weighted by Crippen LogP contribution is 2.31. The Balaban J connectivity index is 1.41. The van der Waals surface area contributed by atoms with E-state index in [1.165, 1.54) is 0 Å². The Bertz CT molecular complexity index is 1740. The Labute approximate surface area is 205 Å². The number of hydrogen-bond acceptors (Lipinski definition) is 6. The number of aryl methyl sites for hydroxylation is 1. The number of aromatic amines is 2. The highest BCUT2D eigenvalue weighted by molar-refractivity contribution is 5.95. The van der Waals surface area contributed by atoms with E-state index in [0.29, 0.717) is 17.2 Å². The Hall–Kier alpha value is -4.86. The number of carbonyl (C=O) groups is 1. The molecule has 1 aromatic carbocycles. The molecular weight excluding hydrogens is 454 g/mol. The molecule has 0 aliphatic rings. The number of fused-ring (bicyclic) bond motifs is 2. The maximum absolute atomic E-state index is 12.1. The first-order valence-electron chi connectivity index (χ1n) is 11.6. The van der Waals surface area contributed by atoms with Gasteiger partial charge in [0.25, 0.3) is 0 Å². The molecular formula is C26H23N9O. The van der Waals surface area contributed by atoms with Gasteiger partial charge < -0.3 is 14.9 Å². The molecule has 5 heterocycles. The number of carbonyl (C=O) groups excluding carboxylic acids is 1. The molecule has 0 saturated heterocycles. The van der Waals surface area contributed by atoms with Gasteiger partial charge in [0, 0.05) is 35.6 Å². The van der Waals surface area contributed by atoms with Crippen LogP contribution in [-0.4, -0.2) is 45.6 Å². The van der Waals surface area contributed by atoms with Crippen molar-refractivity contribution in [3.63, 3.8) is 0 Å². The largest absolute Gasteiger partial charge is 0.337 e. The summed E-state index contributed by atoms with van der Waals surface area (Å²) in [6.07, 6.45) is 8.87. The number of H-pyrrole nitrogens is 2. The summed E-state index contributed by atoms with van der Waals surface area (Å²) >= 11 is 0. The average Bonchev–Trinajstić information content (AvgIpc) is 3.61. The lowest BCUT2D eigenvalue weighted by molar-refractivity contribution is -0.118. The third-order valence-electron chi connectivity index (χ3n) is 5.99. The van der Waals surface area contributed by atoms with Crippen LogP contribution in [0, 0.1) is 12.8 Å². The number of para-hydroxylation sites is 1. The van der Waals surface area contributed by atoms with Gasteiger partial charge in [-0.2, -0.15) is 5.10 Å². The zero-order chi connectivity index (χ0) is 24.8. The Morgan fingerprint density at radius 3 is 2.75 bits per heavy atom. The van der Waals surface area contributed by atoms with Gasteiger partial charge in [0.15, 0.2) is 11.5 Å². The number of nitrogens with zero attached hydrogens (tertiary/aromatic N) is 6. The minimum atomic E-state index is -0.123. The third-order valence-corrected chi connectivity index (χ3v) is 5.99. The molecule has 0 fully saturated rings. The van der Waals surface area contributed by atoms with Crippen molar-refractivity contribution in [3.05, 3.63) is 67.1 Å². The van der Waals surface area contributed by atoms with Crippen molar-refractivity contribution in [2.45, 2.75) is 20.8 Å². The minimum absolute atomic E-state index is 0.0604. The molecule has 0 aliphatic carbocycles. The van der Waals surface area contributed by atoms with Crippen molar-refractivity contribution in [1.29, 1.82) is 0 Å². The molecule has 1 amide bonds. The highest BCUT2D eigenvalue weighted by atomic mass is 16.1. The van der Waals surface area contributed by atoms with Crippen molar-refractivity contribution >= 4 is 33.7 Å². The zero-order valence-corrected chi connectivity index (χ0v) is 19.9. The number of aromatic nitrogens is 8. The van der Waals surface area contributed by atoms with Crippen LogP contribution in [0.25, 0.3) is 50.4 Å². The predicted octanol–water partition coefficient (Wildman–Crippen LogP) is 4.65. The fourth-order valence-electron chi connectivity index (χ4n) is 4.09. The van der Waals surface area contributed by atoms with Crippen LogP contribution >= 0.6 is 0 Å². The van der Waals surface area contributed by atoms with Gasteiger partial charge in [0.2, 0.25) is 5.91 Å². The third kappa shape index (κ3) is 3.78. The number of benzene rings is 1. The molecule has 36 heavy (non-hydrogen) atoms. The molecule has 0 saturated carbocycles. The van der Waals surface area contributed by atoms with Gasteiger partial charge in [0.1, 0.15) is 11.2 Å². The van der Waals surface area contributed by atoms with Gasteiger partial charge in [-0.15, -0.1) is 0 Å². The lowest BCUT2D eigenvalue weighted by Gasteiger charge is -2.09. The summed E-state index contributed by atoms with van der Waals surface area (Å²) in [5, 5.41) is 11.2. The van der Waals surface area contributed by atoms with Gasteiger partial charge in [-0.1, -0.05) is 19.9 Å². The van der Waals surface area contributed by atoms with E-state index in [2.05, 4.69) is 35.5 Å². The monoisotopic (exact) mass is 477 g/mol. The van der Waals surface area contributed by atoms with Gasteiger partial charge in [-0.05, 0) is 31.2 Å². The summed E-state index contributed by atoms with van der Waals surface area (Å²) in [5.41, 5.74) is 7.24. The molecule has 178 valence electrons. The Morgan fingerprint density at radius 2 is 1.94 bits per heavy atom. The predicted molar refractivity (Wildman–Crippen MR) is 138 cm³/mol. The summed E-state index contributed by atoms with van der Waals surface area (Å²) in [4.78, 5) is 33.6. The molecule has 10 nitrogen and oxygen atoms in total. The van der Waals surface area contributed by atoms with Crippen molar-refractivity contribution in [3.8, 4) is 28.3 Å². The van der Waals surface area contributed by atoms with Crippen LogP contribution in [0.15, 0.2) is 61.4 Å². The van der Waals surface area contributed by atoms with E-state index in [1.54, 1.807) is 24.9 Å². The van der Waals surface area contributed by atoms with Gasteiger partial charge in [-0.3, -0.25) is 14.9 Å². The van der Waals surface area contributed by atoms with Crippen LogP contribution < -0.4 is 5.32 Å². The van der Waals surface area contributed by atoms with Crippen LogP contribution in [-0.2, 0) is 4.79 Å². The Morgan fingerprint density at radius 1 is 1.08 bits per heavy atom. The number of hydrogen-bond donors (Lipinski definition) is 3. The molecule has 3 N–H and O–H groups in total. The van der Waals surface area contributed by atoms with Crippen molar-refractivity contribution in [1.82, 2.24) is 39.7 Å². The summed E-state index contributed by atoms with van der Waals surface area (Å²) < 4.78 is 1.96. The molecule has 0 atom stereocenters. The smallest absolute Gasteiger partial charge is 0.226 e. The lowest BCUT2D eigenvalue weighted by atomic mass is 10.1. The van der Waals surface area contributed by atoms with Crippen LogP contribution in [0.2, 0.25) is 0 Å². The highest BCUT2D eigenvalue weighted by Gasteiger charge is 2.16. The standard InChI is InChI=1S/C26H23N9O/c1-14(2)26(36)30-18-7-16(9-27-11-18)17-8-19-22(33-34-24(19)28-10-17)25-31-20-5-4-6-21(23(20)32-25)35-12-15(3)29-13-35/h4-14H,1-3H3,(H,30,36)(H,31,32)(H,28,33,34). The summed E-state index contributed by atoms with van der Waals surface area (Å²) in [5.74, 6) is 0.476. The van der Waals surface area contributed by atoms with E-state index in [9.17, 15) is 4.79 Å². The summed E-state index contributed by atoms with van der Waals surface area (Å²) in [6.45, 7) is 5.65. The first kappa shape index (κ1) is 21.7. The fourth-order valence-corrected chi connectivity index (χ4v) is 4.09. The number of nitrogens with one attached hydrogen (secondary N) is 3. The van der Waals surface area contributed by atoms with E-state index in [1.807, 2.05) is 61.9 Å². The van der Waals surface area contributed by atoms with Gasteiger partial charge in [-0.25, -0.2) is 15.0 Å². The van der Waals surface area contributed by atoms with Gasteiger partial charge in [0.05, 0.1) is 40.5 Å². The van der Waals surface area contributed by atoms with E-state index >= 15 is 0 Å². The molecule has 0 radical (unpaired) electrons. The van der Waals surface area contributed by atoms with E-state index in [-0.39, 0.29) is 11.8 Å². The van der Waals surface area contributed by atoms with Crippen LogP contribution in [0.3, 0.4) is 0 Å². The SMILES string of the molecule is Cc1cn(-c2cccc3[nH]c(-c4[nH]nc5ncc(-c6cncc(NC(=O)C(C)C)c6)cc45)nc23)cn1. The van der Waals surface area contributed by atoms with E-state index < -0.39 is 0 Å². The molecule has 0 spiro atoms. The van der Waals surface area contributed by atoms with E-state index in [0.717, 1.165) is 44.6 Å². The fraction of sp³-hybridized carbons (Fsp3) is 0.154. The van der Waals surface area contributed by atoms with Crippen molar-refractivity contribution < 1.29 is 4.79 Å². The molecule has 0 aliphatic heterocycles. The second kappa shape index (κ2) is 8.42. The topological polar surface area (TPSA) is 130 Å². The molecule has 5 aromatic heterocycles. The zero-order valence-electron chi connectivity index (χ0n) is 19.9. The number of amides is 1. The summed E-state index contributed by atoms with van der Waals surface area (Å²) in [6, 6.07) is 9.87. The lowest BCUT2D eigenvalue weighted by Crippen LogP contribution is -2.17.